The van der Waals surface area contributed by atoms with Crippen molar-refractivity contribution in [2.45, 2.75) is 44.4 Å². The van der Waals surface area contributed by atoms with Crippen LogP contribution in [0, 0.1) is 0 Å². The number of benzene rings is 2. The van der Waals surface area contributed by atoms with E-state index in [1.165, 1.54) is 17.7 Å². The molecule has 2 aromatic carbocycles. The topological polar surface area (TPSA) is 99.2 Å². The molecule has 2 aliphatic heterocycles. The fourth-order valence-electron chi connectivity index (χ4n) is 6.40. The molecule has 1 saturated heterocycles. The molecular weight excluding hydrogens is 544 g/mol. The molecule has 3 aliphatic rings. The monoisotopic (exact) mass is 584 g/mol. The predicted molar refractivity (Wildman–Crippen MR) is 164 cm³/mol. The fraction of sp³-hybridized carbons (Fsp3) is 0.424. The first kappa shape index (κ1) is 28.9. The Morgan fingerprint density at radius 2 is 1.56 bits per heavy atom. The maximum Gasteiger partial charge on any atom is 0.321 e. The number of nitrogens with zero attached hydrogens (tertiary/aromatic N) is 4. The first-order chi connectivity index (χ1) is 20.8. The highest BCUT2D eigenvalue weighted by molar-refractivity contribution is 5.94. The summed E-state index contributed by atoms with van der Waals surface area (Å²) in [6.45, 7) is 5.13. The van der Waals surface area contributed by atoms with E-state index < -0.39 is 0 Å². The van der Waals surface area contributed by atoms with E-state index in [2.05, 4.69) is 38.3 Å². The van der Waals surface area contributed by atoms with Gasteiger partial charge in [-0.05, 0) is 66.8 Å². The largest absolute Gasteiger partial charge is 0.378 e. The van der Waals surface area contributed by atoms with Crippen LogP contribution in [0.2, 0.25) is 0 Å². The molecule has 4 amide bonds. The molecule has 2 fully saturated rings. The van der Waals surface area contributed by atoms with Gasteiger partial charge in [-0.1, -0.05) is 24.3 Å². The number of morpholine rings is 1. The number of urea groups is 1. The minimum Gasteiger partial charge on any atom is -0.378 e. The third-order valence-corrected chi connectivity index (χ3v) is 9.01. The van der Waals surface area contributed by atoms with Crippen LogP contribution in [0.15, 0.2) is 60.7 Å². The molecule has 10 nitrogen and oxygen atoms in total. The molecule has 10 heteroatoms. The number of rotatable bonds is 7. The molecule has 43 heavy (non-hydrogen) atoms. The minimum atomic E-state index is -0.125. The fourth-order valence-corrected chi connectivity index (χ4v) is 6.40. The van der Waals surface area contributed by atoms with E-state index in [1.807, 2.05) is 42.5 Å². The predicted octanol–water partition coefficient (Wildman–Crippen LogP) is 3.88. The lowest BCUT2D eigenvalue weighted by atomic mass is 9.71. The number of amides is 4. The van der Waals surface area contributed by atoms with Crippen LogP contribution in [0.1, 0.15) is 56.9 Å². The van der Waals surface area contributed by atoms with Gasteiger partial charge in [-0.15, -0.1) is 0 Å². The van der Waals surface area contributed by atoms with Crippen LogP contribution in [0.3, 0.4) is 0 Å². The molecule has 1 aromatic heterocycles. The first-order valence-electron chi connectivity index (χ1n) is 15.1. The molecule has 0 unspecified atom stereocenters. The van der Waals surface area contributed by atoms with Crippen molar-refractivity contribution in [3.05, 3.63) is 88.7 Å². The normalized spacial score (nSPS) is 17.6. The van der Waals surface area contributed by atoms with Gasteiger partial charge >= 0.3 is 6.03 Å². The first-order valence-corrected chi connectivity index (χ1v) is 15.1. The van der Waals surface area contributed by atoms with Gasteiger partial charge in [0.15, 0.2) is 0 Å². The third-order valence-electron chi connectivity index (χ3n) is 9.01. The lowest BCUT2D eigenvalue weighted by Gasteiger charge is -2.53. The van der Waals surface area contributed by atoms with Gasteiger partial charge in [0.05, 0.1) is 18.8 Å². The zero-order valence-electron chi connectivity index (χ0n) is 25.0. The molecule has 1 saturated carbocycles. The molecule has 2 N–H and O–H groups in total. The number of anilines is 1. The summed E-state index contributed by atoms with van der Waals surface area (Å²) in [4.78, 5) is 43.9. The van der Waals surface area contributed by atoms with Gasteiger partial charge in [-0.3, -0.25) is 14.5 Å². The Morgan fingerprint density at radius 3 is 2.21 bits per heavy atom. The van der Waals surface area contributed by atoms with E-state index in [0.717, 1.165) is 43.7 Å². The van der Waals surface area contributed by atoms with E-state index in [9.17, 15) is 14.4 Å². The summed E-state index contributed by atoms with van der Waals surface area (Å²) >= 11 is 0. The van der Waals surface area contributed by atoms with Crippen molar-refractivity contribution >= 4 is 23.5 Å². The Bertz CT molecular complexity index is 1470. The van der Waals surface area contributed by atoms with Crippen LogP contribution in [-0.4, -0.2) is 84.1 Å². The van der Waals surface area contributed by atoms with E-state index >= 15 is 0 Å². The number of ether oxygens (including phenoxy) is 1. The molecule has 0 bridgehead atoms. The average Bonchev–Trinajstić information content (AvgIpc) is 3.44. The van der Waals surface area contributed by atoms with Gasteiger partial charge < -0.3 is 29.7 Å². The Balaban J connectivity index is 1.07. The number of hydrogen-bond donors (Lipinski definition) is 2. The van der Waals surface area contributed by atoms with Crippen LogP contribution in [-0.2, 0) is 29.9 Å². The number of nitrogens with one attached hydrogen (secondary N) is 2. The van der Waals surface area contributed by atoms with E-state index in [4.69, 9.17) is 4.74 Å². The second-order valence-corrected chi connectivity index (χ2v) is 11.9. The zero-order valence-corrected chi connectivity index (χ0v) is 25.0. The summed E-state index contributed by atoms with van der Waals surface area (Å²) in [5.74, 6) is -0.0753. The number of aromatic nitrogens is 1. The van der Waals surface area contributed by atoms with Crippen LogP contribution in [0.5, 0.6) is 0 Å². The maximum absolute atomic E-state index is 13.3. The highest BCUT2D eigenvalue weighted by Crippen LogP contribution is 2.49. The van der Waals surface area contributed by atoms with Gasteiger partial charge in [-0.25, -0.2) is 4.79 Å². The van der Waals surface area contributed by atoms with Crippen LogP contribution >= 0.6 is 0 Å². The maximum atomic E-state index is 13.3. The zero-order chi connectivity index (χ0) is 30.0. The van der Waals surface area contributed by atoms with E-state index in [0.29, 0.717) is 44.1 Å². The molecule has 0 atom stereocenters. The SMILES string of the molecule is CN(C)C(=O)c1ccc(CN2CCn3c(C(=O)NCc4ccc(NC(=O)N5CCOCC5)cc4)ccc3C23CCC3)cc1. The van der Waals surface area contributed by atoms with Gasteiger partial charge in [0.25, 0.3) is 11.8 Å². The van der Waals surface area contributed by atoms with Crippen LogP contribution in [0.25, 0.3) is 0 Å². The Morgan fingerprint density at radius 1 is 0.860 bits per heavy atom. The number of carbonyl (C=O) groups is 3. The van der Waals surface area contributed by atoms with Gasteiger partial charge in [0.2, 0.25) is 0 Å². The van der Waals surface area contributed by atoms with E-state index in [1.54, 1.807) is 23.9 Å². The second kappa shape index (κ2) is 12.2. The standard InChI is InChI=1S/C33H40N6O4/c1-36(2)31(41)26-8-4-25(5-9-26)23-38-16-17-39-28(12-13-29(39)33(38)14-3-15-33)30(40)34-22-24-6-10-27(11-7-24)35-32(42)37-18-20-43-21-19-37/h4-13H,3,14-23H2,1-2H3,(H,34,40)(H,35,42). The summed E-state index contributed by atoms with van der Waals surface area (Å²) < 4.78 is 7.51. The molecule has 1 spiro atoms. The van der Waals surface area contributed by atoms with Crippen molar-refractivity contribution in [3.63, 3.8) is 0 Å². The number of hydrogen-bond acceptors (Lipinski definition) is 5. The second-order valence-electron chi connectivity index (χ2n) is 11.9. The highest BCUT2D eigenvalue weighted by Gasteiger charge is 2.48. The Labute approximate surface area is 252 Å². The van der Waals surface area contributed by atoms with Gasteiger partial charge in [-0.2, -0.15) is 0 Å². The van der Waals surface area contributed by atoms with Crippen molar-refractivity contribution in [1.29, 1.82) is 0 Å². The van der Waals surface area contributed by atoms with Crippen molar-refractivity contribution in [3.8, 4) is 0 Å². The summed E-state index contributed by atoms with van der Waals surface area (Å²) in [5, 5.41) is 6.02. The molecule has 6 rings (SSSR count). The van der Waals surface area contributed by atoms with Crippen LogP contribution in [0.4, 0.5) is 10.5 Å². The van der Waals surface area contributed by atoms with Crippen LogP contribution < -0.4 is 10.6 Å². The van der Waals surface area contributed by atoms with Crippen molar-refractivity contribution in [2.75, 3.05) is 52.3 Å². The molecule has 3 heterocycles. The van der Waals surface area contributed by atoms with Gasteiger partial charge in [0.1, 0.15) is 5.69 Å². The summed E-state index contributed by atoms with van der Waals surface area (Å²) in [6.07, 6.45) is 3.32. The average molecular weight is 585 g/mol. The lowest BCUT2D eigenvalue weighted by molar-refractivity contribution is -0.0217. The Kier molecular flexibility index (Phi) is 8.23. The molecule has 226 valence electrons. The number of fused-ring (bicyclic) bond motifs is 2. The van der Waals surface area contributed by atoms with Crippen molar-refractivity contribution in [1.82, 2.24) is 24.6 Å². The molecule has 3 aromatic rings. The molecule has 0 radical (unpaired) electrons. The lowest BCUT2D eigenvalue weighted by Crippen LogP contribution is -2.56. The smallest absolute Gasteiger partial charge is 0.321 e. The summed E-state index contributed by atoms with van der Waals surface area (Å²) in [5.41, 5.74) is 5.42. The molecule has 1 aliphatic carbocycles. The summed E-state index contributed by atoms with van der Waals surface area (Å²) in [7, 11) is 3.53. The van der Waals surface area contributed by atoms with Crippen molar-refractivity contribution in [2.24, 2.45) is 0 Å². The molecular formula is C33H40N6O4. The quantitative estimate of drug-likeness (QED) is 0.439. The minimum absolute atomic E-state index is 0.00797. The van der Waals surface area contributed by atoms with Gasteiger partial charge in [0, 0.05) is 70.3 Å². The third kappa shape index (κ3) is 5.89. The summed E-state index contributed by atoms with van der Waals surface area (Å²) in [6, 6.07) is 19.5. The van der Waals surface area contributed by atoms with E-state index in [-0.39, 0.29) is 23.4 Å². The number of carbonyl (C=O) groups excluding carboxylic acids is 3. The highest BCUT2D eigenvalue weighted by atomic mass is 16.5. The Hall–Kier alpha value is -4.15. The van der Waals surface area contributed by atoms with Crippen molar-refractivity contribution < 1.29 is 19.1 Å².